The van der Waals surface area contributed by atoms with Crippen LogP contribution >= 0.6 is 15.9 Å². The van der Waals surface area contributed by atoms with Gasteiger partial charge in [-0.1, -0.05) is 28.9 Å². The van der Waals surface area contributed by atoms with E-state index in [2.05, 4.69) is 64.7 Å². The molecule has 18 heavy (non-hydrogen) atoms. The Morgan fingerprint density at radius 3 is 2.67 bits per heavy atom. The van der Waals surface area contributed by atoms with Gasteiger partial charge >= 0.3 is 0 Å². The normalized spacial score (nSPS) is 21.3. The molecule has 0 saturated carbocycles. The van der Waals surface area contributed by atoms with Crippen LogP contribution in [0.25, 0.3) is 0 Å². The van der Waals surface area contributed by atoms with E-state index in [1.165, 1.54) is 23.4 Å². The molecule has 1 unspecified atom stereocenters. The molecule has 1 saturated heterocycles. The first-order chi connectivity index (χ1) is 8.65. The maximum Gasteiger partial charge on any atom is 0.0370 e. The zero-order valence-electron chi connectivity index (χ0n) is 11.6. The van der Waals surface area contributed by atoms with E-state index >= 15 is 0 Å². The zero-order chi connectivity index (χ0) is 13.1. The number of piperazine rings is 1. The van der Waals surface area contributed by atoms with E-state index in [9.17, 15) is 0 Å². The maximum atomic E-state index is 3.54. The summed E-state index contributed by atoms with van der Waals surface area (Å²) in [4.78, 5) is 5.07. The second-order valence-corrected chi connectivity index (χ2v) is 5.73. The number of likely N-dealkylation sites (N-methyl/N-ethyl adjacent to an activating group) is 1. The Morgan fingerprint density at radius 2 is 2.11 bits per heavy atom. The molecule has 100 valence electrons. The highest BCUT2D eigenvalue weighted by Gasteiger charge is 2.22. The lowest BCUT2D eigenvalue weighted by molar-refractivity contribution is 0.199. The molecule has 0 bridgehead atoms. The van der Waals surface area contributed by atoms with Gasteiger partial charge in [-0.3, -0.25) is 4.90 Å². The van der Waals surface area contributed by atoms with Gasteiger partial charge in [-0.2, -0.15) is 0 Å². The zero-order valence-corrected chi connectivity index (χ0v) is 13.2. The van der Waals surface area contributed by atoms with Crippen LogP contribution in [0.15, 0.2) is 18.2 Å². The van der Waals surface area contributed by atoms with Gasteiger partial charge in [-0.25, -0.2) is 0 Å². The van der Waals surface area contributed by atoms with Crippen molar-refractivity contribution >= 4 is 21.6 Å². The summed E-state index contributed by atoms with van der Waals surface area (Å²) in [7, 11) is 0. The van der Waals surface area contributed by atoms with Crippen LogP contribution in [-0.4, -0.2) is 37.1 Å². The van der Waals surface area contributed by atoms with Gasteiger partial charge in [0.2, 0.25) is 0 Å². The standard InChI is InChI=1S/C15H23BrN2/c1-4-17-7-8-18(11-13(17)3)15-6-5-14(10-16)12(2)9-15/h5-6,9,13H,4,7-8,10-11H2,1-3H3. The van der Waals surface area contributed by atoms with Crippen molar-refractivity contribution in [1.29, 1.82) is 0 Å². The Morgan fingerprint density at radius 1 is 1.33 bits per heavy atom. The molecule has 2 nitrogen and oxygen atoms in total. The monoisotopic (exact) mass is 310 g/mol. The van der Waals surface area contributed by atoms with Crippen molar-refractivity contribution in [1.82, 2.24) is 4.90 Å². The molecule has 0 spiro atoms. The number of hydrogen-bond acceptors (Lipinski definition) is 2. The van der Waals surface area contributed by atoms with Crippen LogP contribution in [0.5, 0.6) is 0 Å². The lowest BCUT2D eigenvalue weighted by atomic mass is 10.1. The molecule has 0 N–H and O–H groups in total. The van der Waals surface area contributed by atoms with Crippen LogP contribution in [0.3, 0.4) is 0 Å². The SMILES string of the molecule is CCN1CCN(c2ccc(CBr)c(C)c2)CC1C. The molecular formula is C15H23BrN2. The fraction of sp³-hybridized carbons (Fsp3) is 0.600. The molecule has 0 radical (unpaired) electrons. The quantitative estimate of drug-likeness (QED) is 0.789. The molecule has 0 amide bonds. The maximum absolute atomic E-state index is 3.54. The Hall–Kier alpha value is -0.540. The van der Waals surface area contributed by atoms with Crippen molar-refractivity contribution in [2.45, 2.75) is 32.1 Å². The van der Waals surface area contributed by atoms with E-state index in [0.717, 1.165) is 25.0 Å². The van der Waals surface area contributed by atoms with Crippen molar-refractivity contribution < 1.29 is 0 Å². The molecule has 1 aromatic rings. The first kappa shape index (κ1) is 13.9. The molecule has 1 aliphatic heterocycles. The minimum Gasteiger partial charge on any atom is -0.369 e. The highest BCUT2D eigenvalue weighted by molar-refractivity contribution is 9.08. The van der Waals surface area contributed by atoms with Gasteiger partial charge in [-0.05, 0) is 43.7 Å². The van der Waals surface area contributed by atoms with Crippen LogP contribution in [-0.2, 0) is 5.33 Å². The van der Waals surface area contributed by atoms with E-state index < -0.39 is 0 Å². The summed E-state index contributed by atoms with van der Waals surface area (Å²) in [5.74, 6) is 0. The Bertz CT molecular complexity index is 405. The summed E-state index contributed by atoms with van der Waals surface area (Å²) in [6.07, 6.45) is 0. The van der Waals surface area contributed by atoms with Gasteiger partial charge in [0.05, 0.1) is 0 Å². The average molecular weight is 311 g/mol. The van der Waals surface area contributed by atoms with E-state index in [4.69, 9.17) is 0 Å². The first-order valence-corrected chi connectivity index (χ1v) is 7.92. The van der Waals surface area contributed by atoms with Gasteiger partial charge in [0.15, 0.2) is 0 Å². The highest BCUT2D eigenvalue weighted by Crippen LogP contribution is 2.23. The summed E-state index contributed by atoms with van der Waals surface area (Å²) in [6, 6.07) is 7.49. The largest absolute Gasteiger partial charge is 0.369 e. The first-order valence-electron chi connectivity index (χ1n) is 6.80. The van der Waals surface area contributed by atoms with Gasteiger partial charge in [0, 0.05) is 36.7 Å². The molecular weight excluding hydrogens is 288 g/mol. The minimum atomic E-state index is 0.653. The lowest BCUT2D eigenvalue weighted by Gasteiger charge is -2.40. The number of nitrogens with zero attached hydrogens (tertiary/aromatic N) is 2. The van der Waals surface area contributed by atoms with Crippen LogP contribution < -0.4 is 4.90 Å². The van der Waals surface area contributed by atoms with Crippen molar-refractivity contribution in [2.75, 3.05) is 31.1 Å². The van der Waals surface area contributed by atoms with Crippen LogP contribution in [0.2, 0.25) is 0 Å². The lowest BCUT2D eigenvalue weighted by Crippen LogP contribution is -2.51. The third-order valence-corrected chi connectivity index (χ3v) is 4.61. The number of alkyl halides is 1. The Balaban J connectivity index is 2.11. The number of benzene rings is 1. The van der Waals surface area contributed by atoms with Crippen LogP contribution in [0.1, 0.15) is 25.0 Å². The van der Waals surface area contributed by atoms with Gasteiger partial charge in [-0.15, -0.1) is 0 Å². The third kappa shape index (κ3) is 2.89. The molecule has 1 atom stereocenters. The summed E-state index contributed by atoms with van der Waals surface area (Å²) in [5.41, 5.74) is 4.15. The third-order valence-electron chi connectivity index (χ3n) is 4.01. The number of hydrogen-bond donors (Lipinski definition) is 0. The van der Waals surface area contributed by atoms with E-state index in [1.807, 2.05) is 0 Å². The fourth-order valence-corrected chi connectivity index (χ4v) is 3.36. The molecule has 1 aliphatic rings. The van der Waals surface area contributed by atoms with E-state index in [0.29, 0.717) is 6.04 Å². The number of aryl methyl sites for hydroxylation is 1. The summed E-state index contributed by atoms with van der Waals surface area (Å²) in [5, 5.41) is 0.944. The Kier molecular flexibility index (Phi) is 4.68. The summed E-state index contributed by atoms with van der Waals surface area (Å²) in [6.45, 7) is 11.4. The molecule has 1 fully saturated rings. The van der Waals surface area contributed by atoms with Crippen molar-refractivity contribution in [3.63, 3.8) is 0 Å². The predicted octanol–water partition coefficient (Wildman–Crippen LogP) is 3.42. The van der Waals surface area contributed by atoms with E-state index in [1.54, 1.807) is 0 Å². The van der Waals surface area contributed by atoms with Gasteiger partial charge < -0.3 is 4.90 Å². The molecule has 3 heteroatoms. The van der Waals surface area contributed by atoms with Crippen molar-refractivity contribution in [2.24, 2.45) is 0 Å². The van der Waals surface area contributed by atoms with Crippen LogP contribution in [0.4, 0.5) is 5.69 Å². The summed E-state index contributed by atoms with van der Waals surface area (Å²) >= 11 is 3.54. The van der Waals surface area contributed by atoms with Gasteiger partial charge in [0.25, 0.3) is 0 Å². The number of halogens is 1. The average Bonchev–Trinajstić information content (AvgIpc) is 2.38. The van der Waals surface area contributed by atoms with E-state index in [-0.39, 0.29) is 0 Å². The van der Waals surface area contributed by atoms with Gasteiger partial charge in [0.1, 0.15) is 0 Å². The highest BCUT2D eigenvalue weighted by atomic mass is 79.9. The molecule has 1 heterocycles. The Labute approximate surface area is 119 Å². The molecule has 0 aromatic heterocycles. The topological polar surface area (TPSA) is 6.48 Å². The minimum absolute atomic E-state index is 0.653. The second-order valence-electron chi connectivity index (χ2n) is 5.17. The smallest absolute Gasteiger partial charge is 0.0370 e. The molecule has 0 aliphatic carbocycles. The number of anilines is 1. The molecule has 1 aromatic carbocycles. The van der Waals surface area contributed by atoms with Crippen molar-refractivity contribution in [3.8, 4) is 0 Å². The van der Waals surface area contributed by atoms with Crippen molar-refractivity contribution in [3.05, 3.63) is 29.3 Å². The van der Waals surface area contributed by atoms with Crippen LogP contribution in [0, 0.1) is 6.92 Å². The predicted molar refractivity (Wildman–Crippen MR) is 82.7 cm³/mol. The summed E-state index contributed by atoms with van der Waals surface area (Å²) < 4.78 is 0. The molecule has 2 rings (SSSR count). The fourth-order valence-electron chi connectivity index (χ4n) is 2.73. The number of rotatable bonds is 3. The second kappa shape index (κ2) is 6.07.